The minimum atomic E-state index is -1.66. The van der Waals surface area contributed by atoms with Gasteiger partial charge < -0.3 is 71.1 Å². The molecular weight excluding hydrogens is 746 g/mol. The molecule has 6 atom stereocenters. The molecule has 1 aromatic rings. The van der Waals surface area contributed by atoms with Crippen LogP contribution in [0, 0.1) is 0 Å². The number of H-pyrrole nitrogens is 1. The number of carbonyl (C=O) groups is 11. The van der Waals surface area contributed by atoms with Crippen molar-refractivity contribution in [3.63, 3.8) is 0 Å². The number of hydrogen-bond donors (Lipinski definition) is 13. The van der Waals surface area contributed by atoms with Gasteiger partial charge in [0, 0.05) is 44.7 Å². The van der Waals surface area contributed by atoms with Crippen LogP contribution in [-0.4, -0.2) is 116 Å². The summed E-state index contributed by atoms with van der Waals surface area (Å²) in [5.41, 5.74) is 31.9. The SMILES string of the molecule is NC(=O)CC[C@H](NC(=O)[C@H](CCC(N)=O)NC(=O)[C@H](CCC(N)=O)NC(=O)[C@H](Cc1c[nH]cn1)NC(=O)[C@H](CCC(N)=O)NC(=O)[C@@H](N)CCC(N)=O)C(=O)O. The Bertz CT molecular complexity index is 1600. The second-order valence-corrected chi connectivity index (χ2v) is 12.5. The van der Waals surface area contributed by atoms with Gasteiger partial charge in [0.1, 0.15) is 30.2 Å². The topological polar surface area (TPSA) is 453 Å². The molecule has 1 aromatic heterocycles. The Kier molecular flexibility index (Phi) is 20.2. The molecule has 56 heavy (non-hydrogen) atoms. The van der Waals surface area contributed by atoms with E-state index in [-0.39, 0.29) is 31.4 Å². The summed E-state index contributed by atoms with van der Waals surface area (Å²) < 4.78 is 0. The summed E-state index contributed by atoms with van der Waals surface area (Å²) in [7, 11) is 0. The van der Waals surface area contributed by atoms with E-state index < -0.39 is 146 Å². The van der Waals surface area contributed by atoms with Crippen LogP contribution in [0.15, 0.2) is 12.5 Å². The van der Waals surface area contributed by atoms with Crippen molar-refractivity contribution in [1.82, 2.24) is 36.6 Å². The van der Waals surface area contributed by atoms with E-state index in [4.69, 9.17) is 34.4 Å². The number of imidazole rings is 1. The third kappa shape index (κ3) is 18.9. The predicted molar refractivity (Wildman–Crippen MR) is 190 cm³/mol. The number of carbonyl (C=O) groups excluding carboxylic acids is 10. The van der Waals surface area contributed by atoms with Gasteiger partial charge in [-0.15, -0.1) is 0 Å². The molecule has 0 radical (unpaired) electrons. The molecule has 1 rings (SSSR count). The largest absolute Gasteiger partial charge is 0.480 e. The third-order valence-electron chi connectivity index (χ3n) is 7.87. The van der Waals surface area contributed by atoms with Crippen LogP contribution in [0.3, 0.4) is 0 Å². The monoisotopic (exact) mass is 795 g/mol. The van der Waals surface area contributed by atoms with E-state index in [0.717, 1.165) is 0 Å². The van der Waals surface area contributed by atoms with E-state index in [2.05, 4.69) is 36.6 Å². The van der Waals surface area contributed by atoms with E-state index in [1.165, 1.54) is 12.5 Å². The van der Waals surface area contributed by atoms with Gasteiger partial charge in [-0.1, -0.05) is 0 Å². The third-order valence-corrected chi connectivity index (χ3v) is 7.87. The molecule has 19 N–H and O–H groups in total. The zero-order valence-corrected chi connectivity index (χ0v) is 30.2. The molecule has 310 valence electrons. The molecule has 0 aliphatic rings. The number of aliphatic carboxylic acids is 1. The molecule has 0 saturated carbocycles. The summed E-state index contributed by atoms with van der Waals surface area (Å²) in [6.07, 6.45) is -1.57. The average molecular weight is 796 g/mol. The average Bonchev–Trinajstić information content (AvgIpc) is 3.62. The lowest BCUT2D eigenvalue weighted by Crippen LogP contribution is -2.59. The molecule has 10 amide bonds. The molecule has 0 aliphatic heterocycles. The summed E-state index contributed by atoms with van der Waals surface area (Å²) in [6.45, 7) is 0. The Morgan fingerprint density at radius 1 is 0.518 bits per heavy atom. The van der Waals surface area contributed by atoms with Crippen LogP contribution >= 0.6 is 0 Å². The molecule has 0 aliphatic carbocycles. The minimum absolute atomic E-state index is 0.176. The molecule has 0 fully saturated rings. The van der Waals surface area contributed by atoms with E-state index in [9.17, 15) is 57.8 Å². The fraction of sp³-hybridized carbons (Fsp3) is 0.548. The maximum Gasteiger partial charge on any atom is 0.326 e. The standard InChI is InChI=1S/C31H49N13O12/c32-15(1-6-21(33)45)26(50)40-16(2-7-22(34)46)29(53)44-20(11-14-12-38-13-39-14)30(54)42-17(3-8-23(35)47)27(51)41-18(4-9-24(36)48)28(52)43-19(31(55)56)5-10-25(37)49/h12-13,15-20H,1-11,32H2,(H2,33,45)(H2,34,46)(H2,35,47)(H2,36,48)(H2,37,49)(H,38,39)(H,40,50)(H,41,51)(H,42,54)(H,43,52)(H,44,53)(H,55,56)/t15-,16-,17-,18-,19-,20-/m0/s1. The van der Waals surface area contributed by atoms with Crippen LogP contribution in [-0.2, 0) is 59.2 Å². The number of aromatic nitrogens is 2. The van der Waals surface area contributed by atoms with Crippen molar-refractivity contribution in [2.45, 2.75) is 107 Å². The van der Waals surface area contributed by atoms with E-state index >= 15 is 0 Å². The Morgan fingerprint density at radius 2 is 0.839 bits per heavy atom. The highest BCUT2D eigenvalue weighted by Crippen LogP contribution is 2.08. The summed E-state index contributed by atoms with van der Waals surface area (Å²) in [6, 6.07) is -9.29. The van der Waals surface area contributed by atoms with Crippen LogP contribution in [0.1, 0.15) is 69.9 Å². The highest BCUT2D eigenvalue weighted by Gasteiger charge is 2.34. The fourth-order valence-corrected chi connectivity index (χ4v) is 4.83. The van der Waals surface area contributed by atoms with Crippen LogP contribution in [0.25, 0.3) is 0 Å². The number of aromatic amines is 1. The predicted octanol–water partition coefficient (Wildman–Crippen LogP) is -6.88. The Balaban J connectivity index is 3.40. The summed E-state index contributed by atoms with van der Waals surface area (Å²) >= 11 is 0. The van der Waals surface area contributed by atoms with Crippen molar-refractivity contribution >= 4 is 65.0 Å². The molecular formula is C31H49N13O12. The number of nitrogens with zero attached hydrogens (tertiary/aromatic N) is 1. The van der Waals surface area contributed by atoms with Gasteiger partial charge in [0.15, 0.2) is 0 Å². The molecule has 25 heteroatoms. The number of nitrogens with two attached hydrogens (primary N) is 6. The van der Waals surface area contributed by atoms with E-state index in [0.29, 0.717) is 0 Å². The minimum Gasteiger partial charge on any atom is -0.480 e. The van der Waals surface area contributed by atoms with Crippen molar-refractivity contribution < 1.29 is 57.8 Å². The first-order valence-electron chi connectivity index (χ1n) is 17.1. The number of nitrogens with one attached hydrogen (secondary N) is 6. The quantitative estimate of drug-likeness (QED) is 0.0375. The number of hydrogen-bond acceptors (Lipinski definition) is 13. The second-order valence-electron chi connectivity index (χ2n) is 12.5. The summed E-state index contributed by atoms with van der Waals surface area (Å²) in [5.74, 6) is -11.0. The maximum atomic E-state index is 13.8. The van der Waals surface area contributed by atoms with Crippen molar-refractivity contribution in [3.05, 3.63) is 18.2 Å². The number of primary amides is 5. The number of carboxylic acid groups (broad SMARTS) is 1. The fourth-order valence-electron chi connectivity index (χ4n) is 4.83. The van der Waals surface area contributed by atoms with Crippen molar-refractivity contribution in [2.24, 2.45) is 34.4 Å². The van der Waals surface area contributed by atoms with Gasteiger partial charge in [0.05, 0.1) is 18.1 Å². The highest BCUT2D eigenvalue weighted by molar-refractivity contribution is 5.97. The van der Waals surface area contributed by atoms with Gasteiger partial charge in [-0.2, -0.15) is 0 Å². The molecule has 0 bridgehead atoms. The highest BCUT2D eigenvalue weighted by atomic mass is 16.4. The molecule has 0 unspecified atom stereocenters. The van der Waals surface area contributed by atoms with Crippen LogP contribution < -0.4 is 61.0 Å². The molecule has 1 heterocycles. The van der Waals surface area contributed by atoms with Gasteiger partial charge >= 0.3 is 5.97 Å². The summed E-state index contributed by atoms with van der Waals surface area (Å²) in [5, 5.41) is 21.0. The maximum absolute atomic E-state index is 13.8. The number of carboxylic acids is 1. The Morgan fingerprint density at radius 3 is 1.20 bits per heavy atom. The second kappa shape index (κ2) is 23.9. The first-order chi connectivity index (χ1) is 26.2. The van der Waals surface area contributed by atoms with Gasteiger partial charge in [-0.05, 0) is 32.1 Å². The van der Waals surface area contributed by atoms with Crippen molar-refractivity contribution in [1.29, 1.82) is 0 Å². The number of amides is 10. The van der Waals surface area contributed by atoms with E-state index in [1.54, 1.807) is 0 Å². The normalized spacial score (nSPS) is 13.9. The summed E-state index contributed by atoms with van der Waals surface area (Å²) in [4.78, 5) is 142. The zero-order chi connectivity index (χ0) is 42.5. The molecule has 0 aromatic carbocycles. The Hall–Kier alpha value is -6.66. The Labute approximate surface area is 318 Å². The number of rotatable bonds is 28. The van der Waals surface area contributed by atoms with Gasteiger partial charge in [-0.3, -0.25) is 47.9 Å². The van der Waals surface area contributed by atoms with Gasteiger partial charge in [0.2, 0.25) is 59.1 Å². The lowest BCUT2D eigenvalue weighted by molar-refractivity contribution is -0.143. The van der Waals surface area contributed by atoms with Gasteiger partial charge in [0.25, 0.3) is 0 Å². The van der Waals surface area contributed by atoms with Crippen molar-refractivity contribution in [3.8, 4) is 0 Å². The first kappa shape index (κ1) is 47.4. The van der Waals surface area contributed by atoms with Crippen LogP contribution in [0.4, 0.5) is 0 Å². The molecule has 0 saturated heterocycles. The first-order valence-corrected chi connectivity index (χ1v) is 17.1. The molecule has 0 spiro atoms. The van der Waals surface area contributed by atoms with Crippen molar-refractivity contribution in [2.75, 3.05) is 0 Å². The van der Waals surface area contributed by atoms with Gasteiger partial charge in [-0.25, -0.2) is 9.78 Å². The van der Waals surface area contributed by atoms with Crippen LogP contribution in [0.2, 0.25) is 0 Å². The van der Waals surface area contributed by atoms with Crippen LogP contribution in [0.5, 0.6) is 0 Å². The smallest absolute Gasteiger partial charge is 0.326 e. The molecule has 25 nitrogen and oxygen atoms in total. The lowest BCUT2D eigenvalue weighted by atomic mass is 10.0. The zero-order valence-electron chi connectivity index (χ0n) is 30.2. The lowest BCUT2D eigenvalue weighted by Gasteiger charge is -2.27. The van der Waals surface area contributed by atoms with E-state index in [1.807, 2.05) is 0 Å².